The highest BCUT2D eigenvalue weighted by Gasteiger charge is 2.12. The SMILES string of the molecule is CC(NC(=O)c1ccc(-c2cccc3cccnc23)cc1)c1ccccn1. The number of benzene rings is 2. The molecule has 0 saturated heterocycles. The van der Waals surface area contributed by atoms with Crippen molar-refractivity contribution in [2.75, 3.05) is 0 Å². The van der Waals surface area contributed by atoms with Gasteiger partial charge in [-0.3, -0.25) is 14.8 Å². The minimum absolute atomic E-state index is 0.115. The lowest BCUT2D eigenvalue weighted by Crippen LogP contribution is -2.27. The lowest BCUT2D eigenvalue weighted by Gasteiger charge is -2.13. The molecule has 0 fully saturated rings. The summed E-state index contributed by atoms with van der Waals surface area (Å²) < 4.78 is 0. The first kappa shape index (κ1) is 16.9. The van der Waals surface area contributed by atoms with Gasteiger partial charge in [-0.1, -0.05) is 42.5 Å². The summed E-state index contributed by atoms with van der Waals surface area (Å²) in [5.41, 5.74) is 4.51. The quantitative estimate of drug-likeness (QED) is 0.574. The van der Waals surface area contributed by atoms with Crippen molar-refractivity contribution in [1.29, 1.82) is 0 Å². The van der Waals surface area contributed by atoms with Gasteiger partial charge in [0.2, 0.25) is 0 Å². The molecule has 27 heavy (non-hydrogen) atoms. The summed E-state index contributed by atoms with van der Waals surface area (Å²) in [6, 6.07) is 23.2. The molecule has 0 aliphatic heterocycles. The smallest absolute Gasteiger partial charge is 0.251 e. The van der Waals surface area contributed by atoms with Gasteiger partial charge in [0.25, 0.3) is 5.91 Å². The van der Waals surface area contributed by atoms with E-state index in [0.29, 0.717) is 5.56 Å². The molecule has 0 aliphatic rings. The van der Waals surface area contributed by atoms with Gasteiger partial charge in [0.1, 0.15) is 0 Å². The molecule has 2 heterocycles. The van der Waals surface area contributed by atoms with Crippen LogP contribution in [0.3, 0.4) is 0 Å². The van der Waals surface area contributed by atoms with E-state index >= 15 is 0 Å². The zero-order chi connectivity index (χ0) is 18.6. The van der Waals surface area contributed by atoms with Gasteiger partial charge in [0.15, 0.2) is 0 Å². The van der Waals surface area contributed by atoms with Gasteiger partial charge in [-0.15, -0.1) is 0 Å². The predicted octanol–water partition coefficient (Wildman–Crippen LogP) is 4.79. The minimum Gasteiger partial charge on any atom is -0.344 e. The Hall–Kier alpha value is -3.53. The lowest BCUT2D eigenvalue weighted by atomic mass is 10.0. The molecule has 0 radical (unpaired) electrons. The molecule has 1 atom stereocenters. The van der Waals surface area contributed by atoms with Crippen molar-refractivity contribution in [3.05, 3.63) is 96.4 Å². The standard InChI is InChI=1S/C23H19N3O/c1-16(21-9-2-3-14-24-21)26-23(27)19-12-10-17(11-13-19)20-8-4-6-18-7-5-15-25-22(18)20/h2-16H,1H3,(H,26,27). The number of carbonyl (C=O) groups is 1. The summed E-state index contributed by atoms with van der Waals surface area (Å²) in [5, 5.41) is 4.09. The van der Waals surface area contributed by atoms with Gasteiger partial charge in [-0.05, 0) is 42.8 Å². The van der Waals surface area contributed by atoms with E-state index in [1.54, 1.807) is 12.4 Å². The highest BCUT2D eigenvalue weighted by Crippen LogP contribution is 2.27. The number of pyridine rings is 2. The highest BCUT2D eigenvalue weighted by atomic mass is 16.1. The Morgan fingerprint density at radius 2 is 1.63 bits per heavy atom. The second-order valence-corrected chi connectivity index (χ2v) is 6.41. The van der Waals surface area contributed by atoms with Crippen LogP contribution in [-0.4, -0.2) is 15.9 Å². The van der Waals surface area contributed by atoms with Gasteiger partial charge in [-0.25, -0.2) is 0 Å². The number of rotatable bonds is 4. The largest absolute Gasteiger partial charge is 0.344 e. The molecule has 1 unspecified atom stereocenters. The van der Waals surface area contributed by atoms with Crippen molar-refractivity contribution in [3.63, 3.8) is 0 Å². The Bertz CT molecular complexity index is 1070. The van der Waals surface area contributed by atoms with E-state index in [9.17, 15) is 4.79 Å². The van der Waals surface area contributed by atoms with Gasteiger partial charge in [-0.2, -0.15) is 0 Å². The first-order valence-corrected chi connectivity index (χ1v) is 8.88. The van der Waals surface area contributed by atoms with Crippen LogP contribution < -0.4 is 5.32 Å². The number of fused-ring (bicyclic) bond motifs is 1. The van der Waals surface area contributed by atoms with Crippen LogP contribution in [-0.2, 0) is 0 Å². The van der Waals surface area contributed by atoms with Crippen LogP contribution in [0.5, 0.6) is 0 Å². The first-order valence-electron chi connectivity index (χ1n) is 8.88. The van der Waals surface area contributed by atoms with Gasteiger partial charge < -0.3 is 5.32 Å². The van der Waals surface area contributed by atoms with Crippen molar-refractivity contribution in [2.24, 2.45) is 0 Å². The summed E-state index contributed by atoms with van der Waals surface area (Å²) in [6.07, 6.45) is 3.53. The fraction of sp³-hybridized carbons (Fsp3) is 0.0870. The predicted molar refractivity (Wildman–Crippen MR) is 107 cm³/mol. The number of hydrogen-bond acceptors (Lipinski definition) is 3. The lowest BCUT2D eigenvalue weighted by molar-refractivity contribution is 0.0939. The molecule has 2 aromatic heterocycles. The molecule has 1 N–H and O–H groups in total. The molecule has 0 spiro atoms. The van der Waals surface area contributed by atoms with E-state index in [-0.39, 0.29) is 11.9 Å². The van der Waals surface area contributed by atoms with Crippen molar-refractivity contribution in [1.82, 2.24) is 15.3 Å². The number of para-hydroxylation sites is 1. The number of aromatic nitrogens is 2. The monoisotopic (exact) mass is 353 g/mol. The van der Waals surface area contributed by atoms with Crippen molar-refractivity contribution < 1.29 is 4.79 Å². The second kappa shape index (κ2) is 7.38. The molecule has 0 bridgehead atoms. The summed E-state index contributed by atoms with van der Waals surface area (Å²) in [5.74, 6) is -0.115. The van der Waals surface area contributed by atoms with Crippen LogP contribution in [0.4, 0.5) is 0 Å². The summed E-state index contributed by atoms with van der Waals surface area (Å²) in [7, 11) is 0. The third kappa shape index (κ3) is 3.55. The van der Waals surface area contributed by atoms with E-state index in [2.05, 4.69) is 15.3 Å². The highest BCUT2D eigenvalue weighted by molar-refractivity contribution is 5.97. The second-order valence-electron chi connectivity index (χ2n) is 6.41. The van der Waals surface area contributed by atoms with Crippen LogP contribution in [0, 0.1) is 0 Å². The molecule has 0 aliphatic carbocycles. The molecule has 2 aromatic carbocycles. The maximum absolute atomic E-state index is 12.5. The summed E-state index contributed by atoms with van der Waals surface area (Å²) >= 11 is 0. The van der Waals surface area contributed by atoms with Gasteiger partial charge in [0, 0.05) is 28.9 Å². The van der Waals surface area contributed by atoms with E-state index < -0.39 is 0 Å². The number of carbonyl (C=O) groups excluding carboxylic acids is 1. The van der Waals surface area contributed by atoms with Crippen LogP contribution in [0.2, 0.25) is 0 Å². The fourth-order valence-electron chi connectivity index (χ4n) is 3.12. The van der Waals surface area contributed by atoms with Crippen LogP contribution in [0.25, 0.3) is 22.0 Å². The van der Waals surface area contributed by atoms with Crippen LogP contribution >= 0.6 is 0 Å². The summed E-state index contributed by atoms with van der Waals surface area (Å²) in [6.45, 7) is 1.93. The number of nitrogens with one attached hydrogen (secondary N) is 1. The molecular formula is C23H19N3O. The average molecular weight is 353 g/mol. The molecular weight excluding hydrogens is 334 g/mol. The Morgan fingerprint density at radius 3 is 2.41 bits per heavy atom. The minimum atomic E-state index is -0.152. The molecule has 0 saturated carbocycles. The zero-order valence-electron chi connectivity index (χ0n) is 15.0. The Morgan fingerprint density at radius 1 is 0.852 bits per heavy atom. The topological polar surface area (TPSA) is 54.9 Å². The van der Waals surface area contributed by atoms with E-state index in [0.717, 1.165) is 27.7 Å². The Balaban J connectivity index is 1.56. The third-order valence-electron chi connectivity index (χ3n) is 4.57. The number of hydrogen-bond donors (Lipinski definition) is 1. The van der Waals surface area contributed by atoms with Crippen molar-refractivity contribution in [2.45, 2.75) is 13.0 Å². The Labute approximate surface area is 157 Å². The van der Waals surface area contributed by atoms with Crippen molar-refractivity contribution >= 4 is 16.8 Å². The molecule has 132 valence electrons. The molecule has 4 rings (SSSR count). The zero-order valence-corrected chi connectivity index (χ0v) is 15.0. The number of amides is 1. The van der Waals surface area contributed by atoms with Crippen molar-refractivity contribution in [3.8, 4) is 11.1 Å². The normalized spacial score (nSPS) is 11.9. The molecule has 4 nitrogen and oxygen atoms in total. The van der Waals surface area contributed by atoms with Crippen LogP contribution in [0.15, 0.2) is 85.2 Å². The molecule has 4 heteroatoms. The Kier molecular flexibility index (Phi) is 4.62. The van der Waals surface area contributed by atoms with E-state index in [1.807, 2.05) is 79.7 Å². The number of nitrogens with zero attached hydrogens (tertiary/aromatic N) is 2. The molecule has 4 aromatic rings. The van der Waals surface area contributed by atoms with Gasteiger partial charge >= 0.3 is 0 Å². The first-order chi connectivity index (χ1) is 13.2. The maximum atomic E-state index is 12.5. The maximum Gasteiger partial charge on any atom is 0.251 e. The fourth-order valence-corrected chi connectivity index (χ4v) is 3.12. The third-order valence-corrected chi connectivity index (χ3v) is 4.57. The average Bonchev–Trinajstić information content (AvgIpc) is 2.74. The summed E-state index contributed by atoms with van der Waals surface area (Å²) in [4.78, 5) is 21.3. The van der Waals surface area contributed by atoms with E-state index in [4.69, 9.17) is 0 Å². The van der Waals surface area contributed by atoms with Gasteiger partial charge in [0.05, 0.1) is 17.3 Å². The van der Waals surface area contributed by atoms with Crippen LogP contribution in [0.1, 0.15) is 29.0 Å². The molecule has 1 amide bonds. The van der Waals surface area contributed by atoms with E-state index in [1.165, 1.54) is 0 Å².